The standard InChI is InChI=1S/C13H17N3O3/c1-14-11-6-5-10(9-12(11)16(18)19)13(17)15-7-3-2-4-8-15/h5-6,9,14H,2-4,7-8H2,1H3. The number of likely N-dealkylation sites (tertiary alicyclic amines) is 1. The number of benzene rings is 1. The van der Waals surface area contributed by atoms with Crippen molar-refractivity contribution in [1.82, 2.24) is 4.90 Å². The lowest BCUT2D eigenvalue weighted by molar-refractivity contribution is -0.384. The summed E-state index contributed by atoms with van der Waals surface area (Å²) < 4.78 is 0. The predicted octanol–water partition coefficient (Wildman–Crippen LogP) is 2.26. The van der Waals surface area contributed by atoms with Gasteiger partial charge < -0.3 is 10.2 Å². The maximum atomic E-state index is 12.3. The molecule has 19 heavy (non-hydrogen) atoms. The number of carbonyl (C=O) groups excluding carboxylic acids is 1. The Balaban J connectivity index is 2.26. The number of nitrogens with one attached hydrogen (secondary N) is 1. The van der Waals surface area contributed by atoms with Gasteiger partial charge in [0.2, 0.25) is 0 Å². The van der Waals surface area contributed by atoms with Gasteiger partial charge in [0, 0.05) is 31.8 Å². The van der Waals surface area contributed by atoms with Crippen LogP contribution >= 0.6 is 0 Å². The topological polar surface area (TPSA) is 75.5 Å². The van der Waals surface area contributed by atoms with Crippen molar-refractivity contribution in [2.75, 3.05) is 25.5 Å². The van der Waals surface area contributed by atoms with Crippen LogP contribution in [0.5, 0.6) is 0 Å². The minimum atomic E-state index is -0.473. The van der Waals surface area contributed by atoms with E-state index in [1.54, 1.807) is 24.1 Å². The summed E-state index contributed by atoms with van der Waals surface area (Å²) in [5, 5.41) is 13.7. The second kappa shape index (κ2) is 5.69. The van der Waals surface area contributed by atoms with E-state index in [9.17, 15) is 14.9 Å². The highest BCUT2D eigenvalue weighted by atomic mass is 16.6. The smallest absolute Gasteiger partial charge is 0.293 e. The molecule has 1 aliphatic rings. The molecular formula is C13H17N3O3. The molecule has 1 heterocycles. The van der Waals surface area contributed by atoms with Gasteiger partial charge in [-0.3, -0.25) is 14.9 Å². The van der Waals surface area contributed by atoms with Gasteiger partial charge in [0.15, 0.2) is 0 Å². The van der Waals surface area contributed by atoms with Crippen LogP contribution in [0, 0.1) is 10.1 Å². The fourth-order valence-corrected chi connectivity index (χ4v) is 2.31. The van der Waals surface area contributed by atoms with Gasteiger partial charge in [-0.25, -0.2) is 0 Å². The van der Waals surface area contributed by atoms with Gasteiger partial charge in [0.25, 0.3) is 11.6 Å². The molecule has 2 rings (SSSR count). The molecule has 0 unspecified atom stereocenters. The SMILES string of the molecule is CNc1ccc(C(=O)N2CCCCC2)cc1[N+](=O)[O-]. The van der Waals surface area contributed by atoms with Gasteiger partial charge >= 0.3 is 0 Å². The maximum absolute atomic E-state index is 12.3. The number of carbonyl (C=O) groups is 1. The van der Waals surface area contributed by atoms with Crippen LogP contribution in [0.3, 0.4) is 0 Å². The number of rotatable bonds is 3. The molecule has 0 aromatic heterocycles. The van der Waals surface area contributed by atoms with Crippen LogP contribution in [0.4, 0.5) is 11.4 Å². The number of nitro benzene ring substituents is 1. The summed E-state index contributed by atoms with van der Waals surface area (Å²) in [4.78, 5) is 24.5. The Kier molecular flexibility index (Phi) is 3.99. The van der Waals surface area contributed by atoms with Crippen LogP contribution < -0.4 is 5.32 Å². The normalized spacial score (nSPS) is 15.1. The molecule has 1 fully saturated rings. The molecule has 0 saturated carbocycles. The molecule has 1 N–H and O–H groups in total. The molecule has 102 valence electrons. The van der Waals surface area contributed by atoms with Gasteiger partial charge in [-0.1, -0.05) is 0 Å². The molecule has 0 bridgehead atoms. The zero-order valence-electron chi connectivity index (χ0n) is 10.9. The molecule has 1 aromatic carbocycles. The highest BCUT2D eigenvalue weighted by Gasteiger charge is 2.21. The lowest BCUT2D eigenvalue weighted by Crippen LogP contribution is -2.35. The number of nitro groups is 1. The Hall–Kier alpha value is -2.11. The van der Waals surface area contributed by atoms with Crippen molar-refractivity contribution >= 4 is 17.3 Å². The Labute approximate surface area is 111 Å². The summed E-state index contributed by atoms with van der Waals surface area (Å²) in [6.45, 7) is 1.47. The van der Waals surface area contributed by atoms with Crippen LogP contribution in [0.2, 0.25) is 0 Å². The molecule has 1 amide bonds. The number of nitrogens with zero attached hydrogens (tertiary/aromatic N) is 2. The molecule has 1 saturated heterocycles. The minimum absolute atomic E-state index is 0.0645. The van der Waals surface area contributed by atoms with Crippen molar-refractivity contribution in [3.8, 4) is 0 Å². The lowest BCUT2D eigenvalue weighted by atomic mass is 10.1. The molecule has 1 aromatic rings. The van der Waals surface area contributed by atoms with E-state index in [-0.39, 0.29) is 11.6 Å². The molecule has 0 spiro atoms. The average molecular weight is 263 g/mol. The largest absolute Gasteiger partial charge is 0.383 e. The molecular weight excluding hydrogens is 246 g/mol. The number of hydrogen-bond donors (Lipinski definition) is 1. The summed E-state index contributed by atoms with van der Waals surface area (Å²) in [5.74, 6) is -0.120. The zero-order valence-corrected chi connectivity index (χ0v) is 10.9. The fraction of sp³-hybridized carbons (Fsp3) is 0.462. The Bertz CT molecular complexity index is 496. The molecule has 0 radical (unpaired) electrons. The second-order valence-corrected chi connectivity index (χ2v) is 4.59. The Morgan fingerprint density at radius 2 is 2.00 bits per heavy atom. The quantitative estimate of drug-likeness (QED) is 0.670. The first-order valence-electron chi connectivity index (χ1n) is 6.39. The van der Waals surface area contributed by atoms with Gasteiger partial charge in [0.1, 0.15) is 5.69 Å². The van der Waals surface area contributed by atoms with Crippen LogP contribution in [0.25, 0.3) is 0 Å². The fourth-order valence-electron chi connectivity index (χ4n) is 2.31. The van der Waals surface area contributed by atoms with E-state index in [1.165, 1.54) is 6.07 Å². The summed E-state index contributed by atoms with van der Waals surface area (Å²) in [7, 11) is 1.62. The molecule has 0 atom stereocenters. The first kappa shape index (κ1) is 13.3. The first-order valence-corrected chi connectivity index (χ1v) is 6.39. The van der Waals surface area contributed by atoms with Crippen LogP contribution in [0.1, 0.15) is 29.6 Å². The van der Waals surface area contributed by atoms with Gasteiger partial charge in [0.05, 0.1) is 4.92 Å². The summed E-state index contributed by atoms with van der Waals surface area (Å²) in [6.07, 6.45) is 3.15. The van der Waals surface area contributed by atoms with Crippen molar-refractivity contribution in [3.05, 3.63) is 33.9 Å². The van der Waals surface area contributed by atoms with Crippen LogP contribution in [-0.2, 0) is 0 Å². The summed E-state index contributed by atoms with van der Waals surface area (Å²) >= 11 is 0. The molecule has 6 heteroatoms. The first-order chi connectivity index (χ1) is 9.13. The Morgan fingerprint density at radius 1 is 1.32 bits per heavy atom. The molecule has 1 aliphatic heterocycles. The average Bonchev–Trinajstić information content (AvgIpc) is 2.46. The number of hydrogen-bond acceptors (Lipinski definition) is 4. The predicted molar refractivity (Wildman–Crippen MR) is 72.4 cm³/mol. The van der Waals surface area contributed by atoms with E-state index in [0.29, 0.717) is 11.3 Å². The monoisotopic (exact) mass is 263 g/mol. The molecule has 6 nitrogen and oxygen atoms in total. The second-order valence-electron chi connectivity index (χ2n) is 4.59. The Morgan fingerprint density at radius 3 is 2.58 bits per heavy atom. The van der Waals surface area contributed by atoms with Gasteiger partial charge in [-0.2, -0.15) is 0 Å². The van der Waals surface area contributed by atoms with Gasteiger partial charge in [-0.15, -0.1) is 0 Å². The van der Waals surface area contributed by atoms with Gasteiger partial charge in [-0.05, 0) is 31.4 Å². The van der Waals surface area contributed by atoms with Crippen LogP contribution in [-0.4, -0.2) is 35.9 Å². The highest BCUT2D eigenvalue weighted by Crippen LogP contribution is 2.26. The van der Waals surface area contributed by atoms with Crippen molar-refractivity contribution in [1.29, 1.82) is 0 Å². The van der Waals surface area contributed by atoms with E-state index < -0.39 is 4.92 Å². The third-order valence-electron chi connectivity index (χ3n) is 3.35. The lowest BCUT2D eigenvalue weighted by Gasteiger charge is -2.26. The molecule has 0 aliphatic carbocycles. The van der Waals surface area contributed by atoms with E-state index in [1.807, 2.05) is 0 Å². The minimum Gasteiger partial charge on any atom is -0.383 e. The van der Waals surface area contributed by atoms with Crippen LogP contribution in [0.15, 0.2) is 18.2 Å². The van der Waals surface area contributed by atoms with E-state index in [4.69, 9.17) is 0 Å². The summed E-state index contributed by atoms with van der Waals surface area (Å²) in [6, 6.07) is 4.56. The van der Waals surface area contributed by atoms with E-state index in [2.05, 4.69) is 5.32 Å². The van der Waals surface area contributed by atoms with E-state index in [0.717, 1.165) is 32.4 Å². The third kappa shape index (κ3) is 2.83. The number of piperidine rings is 1. The third-order valence-corrected chi connectivity index (χ3v) is 3.35. The van der Waals surface area contributed by atoms with Crippen molar-refractivity contribution in [2.24, 2.45) is 0 Å². The zero-order chi connectivity index (χ0) is 13.8. The van der Waals surface area contributed by atoms with E-state index >= 15 is 0 Å². The highest BCUT2D eigenvalue weighted by molar-refractivity contribution is 5.95. The van der Waals surface area contributed by atoms with Crippen molar-refractivity contribution in [2.45, 2.75) is 19.3 Å². The number of anilines is 1. The van der Waals surface area contributed by atoms with Crippen molar-refractivity contribution < 1.29 is 9.72 Å². The maximum Gasteiger partial charge on any atom is 0.293 e. The summed E-state index contributed by atoms with van der Waals surface area (Å²) in [5.41, 5.74) is 0.734. The number of amides is 1. The van der Waals surface area contributed by atoms with Crippen molar-refractivity contribution in [3.63, 3.8) is 0 Å².